The van der Waals surface area contributed by atoms with Crippen molar-refractivity contribution in [2.45, 2.75) is 0 Å². The molecule has 3 heteroatoms. The maximum Gasteiger partial charge on any atom is 0.0616 e. The molecule has 0 heterocycles. The third kappa shape index (κ3) is 1.69. The molecule has 0 atom stereocenters. The molecule has 64 valence electrons. The van der Waals surface area contributed by atoms with Crippen molar-refractivity contribution >= 4 is 17.1 Å². The lowest BCUT2D eigenvalue weighted by Crippen LogP contribution is -1.96. The van der Waals surface area contributed by atoms with Crippen LogP contribution in [0.1, 0.15) is 0 Å². The fourth-order valence-corrected chi connectivity index (χ4v) is 1.00. The predicted octanol–water partition coefficient (Wildman–Crippen LogP) is 1.87. The van der Waals surface area contributed by atoms with E-state index >= 15 is 0 Å². The summed E-state index contributed by atoms with van der Waals surface area (Å²) in [5, 5.41) is 6.03. The highest BCUT2D eigenvalue weighted by molar-refractivity contribution is 5.73. The monoisotopic (exact) mass is 163 g/mol. The molecule has 0 spiro atoms. The van der Waals surface area contributed by atoms with E-state index in [9.17, 15) is 0 Å². The first-order valence-corrected chi connectivity index (χ1v) is 3.72. The third-order valence-corrected chi connectivity index (χ3v) is 1.57. The van der Waals surface area contributed by atoms with Crippen LogP contribution in [0.25, 0.3) is 0 Å². The molecule has 0 saturated heterocycles. The number of nitrogens with one attached hydrogen (secondary N) is 2. The van der Waals surface area contributed by atoms with E-state index in [2.05, 4.69) is 17.2 Å². The molecule has 0 unspecified atom stereocenters. The van der Waals surface area contributed by atoms with Crippen LogP contribution in [0.5, 0.6) is 0 Å². The summed E-state index contributed by atoms with van der Waals surface area (Å²) in [5.74, 6) is 0. The van der Waals surface area contributed by atoms with Crippen LogP contribution in [-0.4, -0.2) is 7.05 Å². The largest absolute Gasteiger partial charge is 0.399 e. The minimum absolute atomic E-state index is 0.744. The van der Waals surface area contributed by atoms with Crippen LogP contribution in [0.2, 0.25) is 0 Å². The fraction of sp³-hybridized carbons (Fsp3) is 0.111. The first-order valence-electron chi connectivity index (χ1n) is 3.72. The first kappa shape index (κ1) is 8.46. The van der Waals surface area contributed by atoms with Crippen molar-refractivity contribution in [2.24, 2.45) is 0 Å². The van der Waals surface area contributed by atoms with Gasteiger partial charge in [0.25, 0.3) is 0 Å². The zero-order chi connectivity index (χ0) is 8.97. The van der Waals surface area contributed by atoms with Gasteiger partial charge in [0.2, 0.25) is 0 Å². The average Bonchev–Trinajstić information content (AvgIpc) is 2.08. The van der Waals surface area contributed by atoms with Gasteiger partial charge in [-0.15, -0.1) is 0 Å². The molecule has 0 saturated carbocycles. The fourth-order valence-electron chi connectivity index (χ4n) is 1.00. The van der Waals surface area contributed by atoms with Crippen LogP contribution in [0, 0.1) is 0 Å². The molecule has 0 fully saturated rings. The van der Waals surface area contributed by atoms with E-state index in [1.54, 1.807) is 6.20 Å². The third-order valence-electron chi connectivity index (χ3n) is 1.57. The Bertz CT molecular complexity index is 281. The van der Waals surface area contributed by atoms with Crippen LogP contribution < -0.4 is 16.4 Å². The summed E-state index contributed by atoms with van der Waals surface area (Å²) in [6, 6.07) is 5.61. The average molecular weight is 163 g/mol. The van der Waals surface area contributed by atoms with Gasteiger partial charge in [0, 0.05) is 12.7 Å². The van der Waals surface area contributed by atoms with E-state index in [0.717, 1.165) is 17.1 Å². The molecule has 3 nitrogen and oxygen atoms in total. The van der Waals surface area contributed by atoms with Gasteiger partial charge in [-0.3, -0.25) is 0 Å². The summed E-state index contributed by atoms with van der Waals surface area (Å²) in [4.78, 5) is 0. The lowest BCUT2D eigenvalue weighted by Gasteiger charge is -2.08. The Balaban J connectivity index is 3.01. The summed E-state index contributed by atoms with van der Waals surface area (Å²) in [6.45, 7) is 3.58. The molecule has 0 aliphatic rings. The van der Waals surface area contributed by atoms with E-state index in [-0.39, 0.29) is 0 Å². The topological polar surface area (TPSA) is 50.1 Å². The van der Waals surface area contributed by atoms with Crippen LogP contribution in [-0.2, 0) is 0 Å². The molecular formula is C9H13N3. The maximum atomic E-state index is 5.61. The second-order valence-electron chi connectivity index (χ2n) is 2.40. The molecule has 1 aromatic rings. The summed E-state index contributed by atoms with van der Waals surface area (Å²) in [6.07, 6.45) is 1.63. The van der Waals surface area contributed by atoms with E-state index < -0.39 is 0 Å². The molecule has 1 aromatic carbocycles. The highest BCUT2D eigenvalue weighted by atomic mass is 14.9. The lowest BCUT2D eigenvalue weighted by atomic mass is 10.2. The Hall–Kier alpha value is -1.64. The number of benzene rings is 1. The number of hydrogen-bond acceptors (Lipinski definition) is 3. The van der Waals surface area contributed by atoms with Crippen LogP contribution in [0.15, 0.2) is 31.0 Å². The number of nitrogen functional groups attached to an aromatic ring is 1. The maximum absolute atomic E-state index is 5.61. The Kier molecular flexibility index (Phi) is 2.58. The lowest BCUT2D eigenvalue weighted by molar-refractivity contribution is 1.48. The van der Waals surface area contributed by atoms with Crippen molar-refractivity contribution < 1.29 is 0 Å². The van der Waals surface area contributed by atoms with E-state index in [4.69, 9.17) is 5.73 Å². The van der Waals surface area contributed by atoms with Gasteiger partial charge in [-0.1, -0.05) is 6.58 Å². The van der Waals surface area contributed by atoms with Crippen molar-refractivity contribution in [3.05, 3.63) is 31.0 Å². The van der Waals surface area contributed by atoms with Crippen molar-refractivity contribution in [2.75, 3.05) is 23.4 Å². The second kappa shape index (κ2) is 3.67. The molecule has 0 aliphatic carbocycles. The molecule has 1 rings (SSSR count). The van der Waals surface area contributed by atoms with Crippen LogP contribution in [0.4, 0.5) is 17.1 Å². The molecule has 0 bridgehead atoms. The van der Waals surface area contributed by atoms with Crippen molar-refractivity contribution in [3.8, 4) is 0 Å². The van der Waals surface area contributed by atoms with Gasteiger partial charge in [0.1, 0.15) is 0 Å². The van der Waals surface area contributed by atoms with E-state index in [0.29, 0.717) is 0 Å². The molecule has 4 N–H and O–H groups in total. The van der Waals surface area contributed by atoms with Crippen LogP contribution in [0.3, 0.4) is 0 Å². The minimum Gasteiger partial charge on any atom is -0.399 e. The van der Waals surface area contributed by atoms with Gasteiger partial charge in [0.05, 0.1) is 11.4 Å². The summed E-state index contributed by atoms with van der Waals surface area (Å²) in [5.41, 5.74) is 8.29. The van der Waals surface area contributed by atoms with Gasteiger partial charge in [-0.25, -0.2) is 0 Å². The van der Waals surface area contributed by atoms with Crippen molar-refractivity contribution in [3.63, 3.8) is 0 Å². The molecule has 0 radical (unpaired) electrons. The zero-order valence-corrected chi connectivity index (χ0v) is 7.09. The molecule has 12 heavy (non-hydrogen) atoms. The molecular weight excluding hydrogens is 150 g/mol. The minimum atomic E-state index is 0.744. The van der Waals surface area contributed by atoms with Gasteiger partial charge >= 0.3 is 0 Å². The van der Waals surface area contributed by atoms with E-state index in [1.165, 1.54) is 0 Å². The van der Waals surface area contributed by atoms with Gasteiger partial charge < -0.3 is 16.4 Å². The highest BCUT2D eigenvalue weighted by Gasteiger charge is 1.97. The zero-order valence-electron chi connectivity index (χ0n) is 7.09. The van der Waals surface area contributed by atoms with Gasteiger partial charge in [-0.05, 0) is 24.4 Å². The van der Waals surface area contributed by atoms with Crippen molar-refractivity contribution in [1.82, 2.24) is 0 Å². The van der Waals surface area contributed by atoms with E-state index in [1.807, 2.05) is 25.2 Å². The van der Waals surface area contributed by atoms with Gasteiger partial charge in [-0.2, -0.15) is 0 Å². The first-order chi connectivity index (χ1) is 5.77. The number of anilines is 3. The SMILES string of the molecule is C=CNc1ccc(N)cc1NC. The van der Waals surface area contributed by atoms with Gasteiger partial charge in [0.15, 0.2) is 0 Å². The molecule has 0 aliphatic heterocycles. The Morgan fingerprint density at radius 2 is 2.17 bits per heavy atom. The standard InChI is InChI=1S/C9H13N3/c1-3-12-8-5-4-7(10)6-9(8)11-2/h3-6,11-12H,1,10H2,2H3. The van der Waals surface area contributed by atoms with Crippen molar-refractivity contribution in [1.29, 1.82) is 0 Å². The normalized spacial score (nSPS) is 9.08. The Labute approximate surface area is 72.3 Å². The highest BCUT2D eigenvalue weighted by Crippen LogP contribution is 2.23. The predicted molar refractivity (Wildman–Crippen MR) is 54.2 cm³/mol. The quantitative estimate of drug-likeness (QED) is 0.596. The Morgan fingerprint density at radius 1 is 1.42 bits per heavy atom. The summed E-state index contributed by atoms with van der Waals surface area (Å²) in [7, 11) is 1.85. The number of hydrogen-bond donors (Lipinski definition) is 3. The smallest absolute Gasteiger partial charge is 0.0616 e. The van der Waals surface area contributed by atoms with Crippen LogP contribution >= 0.6 is 0 Å². The molecule has 0 aromatic heterocycles. The summed E-state index contributed by atoms with van der Waals surface area (Å²) < 4.78 is 0. The second-order valence-corrected chi connectivity index (χ2v) is 2.40. The summed E-state index contributed by atoms with van der Waals surface area (Å²) >= 11 is 0. The Morgan fingerprint density at radius 3 is 2.75 bits per heavy atom. The number of nitrogens with two attached hydrogens (primary N) is 1. The molecule has 0 amide bonds. The number of rotatable bonds is 3.